The maximum Gasteiger partial charge on any atom is 0.129 e. The standard InChI is InChI=1S/C26H38F2/c1-3-4-18-5-6-23-14-22(12-11-21(23)13-18)19-7-9-20(10-8-19)24-15-25(27)17(2)26(28)16-24/h15-16,18-23H,3-14H2,1-2H3. The molecule has 0 aromatic heterocycles. The highest BCUT2D eigenvalue weighted by Crippen LogP contribution is 2.50. The van der Waals surface area contributed by atoms with Gasteiger partial charge in [-0.05, 0) is 118 Å². The van der Waals surface area contributed by atoms with E-state index in [2.05, 4.69) is 6.92 Å². The van der Waals surface area contributed by atoms with Crippen molar-refractivity contribution in [2.24, 2.45) is 29.6 Å². The molecule has 3 aliphatic carbocycles. The highest BCUT2D eigenvalue weighted by atomic mass is 19.1. The van der Waals surface area contributed by atoms with Crippen molar-refractivity contribution in [2.45, 2.75) is 96.8 Å². The van der Waals surface area contributed by atoms with Crippen LogP contribution in [0.4, 0.5) is 8.78 Å². The molecule has 3 fully saturated rings. The molecule has 0 radical (unpaired) electrons. The number of hydrogen-bond acceptors (Lipinski definition) is 0. The van der Waals surface area contributed by atoms with E-state index in [1.165, 1.54) is 71.1 Å². The van der Waals surface area contributed by atoms with E-state index in [1.54, 1.807) is 12.1 Å². The second-order valence-corrected chi connectivity index (χ2v) is 10.3. The molecular weight excluding hydrogens is 350 g/mol. The average molecular weight is 389 g/mol. The Morgan fingerprint density at radius 1 is 0.750 bits per heavy atom. The summed E-state index contributed by atoms with van der Waals surface area (Å²) in [5.74, 6) is 4.36. The molecule has 2 heteroatoms. The average Bonchev–Trinajstić information content (AvgIpc) is 2.71. The topological polar surface area (TPSA) is 0 Å². The van der Waals surface area contributed by atoms with Crippen molar-refractivity contribution < 1.29 is 8.78 Å². The van der Waals surface area contributed by atoms with Crippen LogP contribution in [0.2, 0.25) is 0 Å². The third kappa shape index (κ3) is 4.31. The highest BCUT2D eigenvalue weighted by Gasteiger charge is 2.38. The number of fused-ring (bicyclic) bond motifs is 1. The van der Waals surface area contributed by atoms with Crippen molar-refractivity contribution in [3.63, 3.8) is 0 Å². The van der Waals surface area contributed by atoms with E-state index < -0.39 is 0 Å². The van der Waals surface area contributed by atoms with Crippen LogP contribution in [0.5, 0.6) is 0 Å². The Kier molecular flexibility index (Phi) is 6.43. The van der Waals surface area contributed by atoms with Crippen LogP contribution in [0.15, 0.2) is 12.1 Å². The van der Waals surface area contributed by atoms with Gasteiger partial charge >= 0.3 is 0 Å². The van der Waals surface area contributed by atoms with Gasteiger partial charge in [-0.15, -0.1) is 0 Å². The van der Waals surface area contributed by atoms with Crippen molar-refractivity contribution >= 4 is 0 Å². The molecule has 4 rings (SSSR count). The predicted octanol–water partition coefficient (Wildman–Crippen LogP) is 8.18. The Morgan fingerprint density at radius 2 is 1.29 bits per heavy atom. The minimum atomic E-state index is -0.380. The maximum absolute atomic E-state index is 14.0. The molecule has 0 nitrogen and oxygen atoms in total. The van der Waals surface area contributed by atoms with Gasteiger partial charge in [-0.1, -0.05) is 26.2 Å². The minimum absolute atomic E-state index is 0.155. The SMILES string of the molecule is CCCC1CCC2CC(C3CCC(c4cc(F)c(C)c(F)c4)CC3)CCC2C1. The molecule has 0 bridgehead atoms. The molecule has 0 saturated heterocycles. The summed E-state index contributed by atoms with van der Waals surface area (Å²) in [5, 5.41) is 0. The molecule has 4 atom stereocenters. The lowest BCUT2D eigenvalue weighted by molar-refractivity contribution is 0.0617. The first-order valence-electron chi connectivity index (χ1n) is 12.0. The highest BCUT2D eigenvalue weighted by molar-refractivity contribution is 5.28. The smallest absolute Gasteiger partial charge is 0.129 e. The van der Waals surface area contributed by atoms with E-state index in [9.17, 15) is 8.78 Å². The Labute approximate surface area is 170 Å². The van der Waals surface area contributed by atoms with Gasteiger partial charge in [0.05, 0.1) is 0 Å². The minimum Gasteiger partial charge on any atom is -0.207 e. The van der Waals surface area contributed by atoms with Gasteiger partial charge in [0.1, 0.15) is 11.6 Å². The van der Waals surface area contributed by atoms with E-state index in [0.29, 0.717) is 5.92 Å². The molecule has 28 heavy (non-hydrogen) atoms. The molecule has 156 valence electrons. The number of benzene rings is 1. The summed E-state index contributed by atoms with van der Waals surface area (Å²) in [4.78, 5) is 0. The van der Waals surface area contributed by atoms with Crippen molar-refractivity contribution in [3.05, 3.63) is 34.9 Å². The lowest BCUT2D eigenvalue weighted by Crippen LogP contribution is -2.34. The molecule has 1 aromatic carbocycles. The van der Waals surface area contributed by atoms with Crippen LogP contribution < -0.4 is 0 Å². The second kappa shape index (κ2) is 8.84. The Balaban J connectivity index is 1.30. The van der Waals surface area contributed by atoms with Crippen LogP contribution in [0.25, 0.3) is 0 Å². The van der Waals surface area contributed by atoms with Crippen LogP contribution in [0.1, 0.15) is 101 Å². The fraction of sp³-hybridized carbons (Fsp3) is 0.769. The molecule has 0 heterocycles. The Morgan fingerprint density at radius 3 is 1.93 bits per heavy atom. The third-order valence-corrected chi connectivity index (χ3v) is 8.67. The summed E-state index contributed by atoms with van der Waals surface area (Å²) in [5.41, 5.74) is 1.04. The van der Waals surface area contributed by atoms with E-state index in [1.807, 2.05) is 0 Å². The van der Waals surface area contributed by atoms with Crippen molar-refractivity contribution in [1.82, 2.24) is 0 Å². The number of rotatable bonds is 4. The molecule has 3 saturated carbocycles. The van der Waals surface area contributed by atoms with Gasteiger partial charge in [0.25, 0.3) is 0 Å². The summed E-state index contributed by atoms with van der Waals surface area (Å²) < 4.78 is 27.9. The zero-order chi connectivity index (χ0) is 19.7. The second-order valence-electron chi connectivity index (χ2n) is 10.3. The Bertz CT molecular complexity index is 635. The largest absolute Gasteiger partial charge is 0.207 e. The third-order valence-electron chi connectivity index (χ3n) is 8.67. The number of hydrogen-bond donors (Lipinski definition) is 0. The van der Waals surface area contributed by atoms with Gasteiger partial charge < -0.3 is 0 Å². The summed E-state index contributed by atoms with van der Waals surface area (Å²) in [6.07, 6.45) is 16.3. The molecule has 3 aliphatic rings. The van der Waals surface area contributed by atoms with Gasteiger partial charge in [-0.25, -0.2) is 8.78 Å². The monoisotopic (exact) mass is 388 g/mol. The molecular formula is C26H38F2. The summed E-state index contributed by atoms with van der Waals surface area (Å²) in [6, 6.07) is 3.17. The summed E-state index contributed by atoms with van der Waals surface area (Å²) in [7, 11) is 0. The van der Waals surface area contributed by atoms with E-state index in [0.717, 1.165) is 48.0 Å². The predicted molar refractivity (Wildman–Crippen MR) is 112 cm³/mol. The van der Waals surface area contributed by atoms with Crippen molar-refractivity contribution in [2.75, 3.05) is 0 Å². The van der Waals surface area contributed by atoms with Gasteiger partial charge in [0.15, 0.2) is 0 Å². The van der Waals surface area contributed by atoms with Crippen LogP contribution in [-0.2, 0) is 0 Å². The normalized spacial score (nSPS) is 36.1. The van der Waals surface area contributed by atoms with Crippen LogP contribution in [0.3, 0.4) is 0 Å². The van der Waals surface area contributed by atoms with Crippen LogP contribution in [-0.4, -0.2) is 0 Å². The fourth-order valence-corrected chi connectivity index (χ4v) is 6.95. The van der Waals surface area contributed by atoms with Crippen molar-refractivity contribution in [1.29, 1.82) is 0 Å². The van der Waals surface area contributed by atoms with E-state index in [-0.39, 0.29) is 17.2 Å². The maximum atomic E-state index is 14.0. The first-order valence-corrected chi connectivity index (χ1v) is 12.0. The quantitative estimate of drug-likeness (QED) is 0.488. The summed E-state index contributed by atoms with van der Waals surface area (Å²) >= 11 is 0. The van der Waals surface area contributed by atoms with Crippen LogP contribution in [0, 0.1) is 48.1 Å². The lowest BCUT2D eigenvalue weighted by Gasteiger charge is -2.45. The van der Waals surface area contributed by atoms with Gasteiger partial charge in [-0.2, -0.15) is 0 Å². The van der Waals surface area contributed by atoms with Gasteiger partial charge in [0, 0.05) is 5.56 Å². The fourth-order valence-electron chi connectivity index (χ4n) is 6.95. The molecule has 1 aromatic rings. The molecule has 0 aliphatic heterocycles. The zero-order valence-electron chi connectivity index (χ0n) is 17.9. The van der Waals surface area contributed by atoms with Crippen molar-refractivity contribution in [3.8, 4) is 0 Å². The molecule has 0 amide bonds. The Hall–Kier alpha value is -0.920. The number of halogens is 2. The zero-order valence-corrected chi connectivity index (χ0v) is 17.9. The summed E-state index contributed by atoms with van der Waals surface area (Å²) in [6.45, 7) is 3.86. The van der Waals surface area contributed by atoms with Crippen LogP contribution >= 0.6 is 0 Å². The van der Waals surface area contributed by atoms with E-state index >= 15 is 0 Å². The molecule has 0 spiro atoms. The lowest BCUT2D eigenvalue weighted by atomic mass is 9.60. The first-order chi connectivity index (χ1) is 13.5. The molecule has 0 N–H and O–H groups in total. The van der Waals surface area contributed by atoms with E-state index in [4.69, 9.17) is 0 Å². The first kappa shape index (κ1) is 20.4. The van der Waals surface area contributed by atoms with Gasteiger partial charge in [-0.3, -0.25) is 0 Å². The van der Waals surface area contributed by atoms with Gasteiger partial charge in [0.2, 0.25) is 0 Å². The molecule has 4 unspecified atom stereocenters.